The lowest BCUT2D eigenvalue weighted by Crippen LogP contribution is -2.22. The van der Waals surface area contributed by atoms with Gasteiger partial charge in [0.25, 0.3) is 0 Å². The van der Waals surface area contributed by atoms with Crippen LogP contribution in [0, 0.1) is 0 Å². The second-order valence-electron chi connectivity index (χ2n) is 4.45. The lowest BCUT2D eigenvalue weighted by atomic mass is 10.2. The van der Waals surface area contributed by atoms with Gasteiger partial charge in [-0.05, 0) is 48.9 Å². The van der Waals surface area contributed by atoms with E-state index in [2.05, 4.69) is 4.99 Å². The SMILES string of the molecule is C[C@@H](Oc1ccc(C=Nc2cccc(O)c2)cc1)C(=O)O. The summed E-state index contributed by atoms with van der Waals surface area (Å²) in [5.74, 6) is -0.361. The molecule has 0 aliphatic heterocycles. The Kier molecular flexibility index (Phi) is 4.56. The number of carboxylic acids is 1. The molecule has 2 N–H and O–H groups in total. The maximum absolute atomic E-state index is 10.7. The van der Waals surface area contributed by atoms with Crippen LogP contribution in [0.15, 0.2) is 53.5 Å². The number of carboxylic acid groups (broad SMARTS) is 1. The Bertz CT molecular complexity index is 650. The minimum Gasteiger partial charge on any atom is -0.508 e. The summed E-state index contributed by atoms with van der Waals surface area (Å²) in [7, 11) is 0. The molecule has 1 atom stereocenters. The van der Waals surface area contributed by atoms with Crippen LogP contribution in [-0.2, 0) is 4.79 Å². The number of phenols is 1. The summed E-state index contributed by atoms with van der Waals surface area (Å²) in [6.07, 6.45) is 0.760. The molecule has 0 aliphatic rings. The minimum atomic E-state index is -1.01. The summed E-state index contributed by atoms with van der Waals surface area (Å²) in [5, 5.41) is 18.1. The number of benzene rings is 2. The van der Waals surface area contributed by atoms with Gasteiger partial charge in [-0.15, -0.1) is 0 Å². The van der Waals surface area contributed by atoms with Crippen LogP contribution in [0.25, 0.3) is 0 Å². The first-order valence-corrected chi connectivity index (χ1v) is 6.37. The van der Waals surface area contributed by atoms with Crippen molar-refractivity contribution in [2.24, 2.45) is 4.99 Å². The van der Waals surface area contributed by atoms with Gasteiger partial charge in [0.15, 0.2) is 6.10 Å². The smallest absolute Gasteiger partial charge is 0.344 e. The van der Waals surface area contributed by atoms with E-state index in [4.69, 9.17) is 9.84 Å². The van der Waals surface area contributed by atoms with Gasteiger partial charge in [0.1, 0.15) is 11.5 Å². The molecule has 0 amide bonds. The molecule has 2 aromatic rings. The Morgan fingerprint density at radius 1 is 1.24 bits per heavy atom. The molecule has 0 saturated carbocycles. The molecule has 2 rings (SSSR count). The zero-order chi connectivity index (χ0) is 15.2. The maximum atomic E-state index is 10.7. The number of aliphatic imine (C=N–C) groups is 1. The third-order valence-electron chi connectivity index (χ3n) is 2.73. The summed E-state index contributed by atoms with van der Waals surface area (Å²) in [6, 6.07) is 13.5. The first-order valence-electron chi connectivity index (χ1n) is 6.37. The lowest BCUT2D eigenvalue weighted by molar-refractivity contribution is -0.144. The third kappa shape index (κ3) is 4.35. The number of rotatable bonds is 5. The Hall–Kier alpha value is -2.82. The van der Waals surface area contributed by atoms with Crippen LogP contribution in [0.1, 0.15) is 12.5 Å². The van der Waals surface area contributed by atoms with Crippen molar-refractivity contribution >= 4 is 17.9 Å². The fourth-order valence-corrected chi connectivity index (χ4v) is 1.61. The third-order valence-corrected chi connectivity index (χ3v) is 2.73. The van der Waals surface area contributed by atoms with E-state index in [-0.39, 0.29) is 5.75 Å². The summed E-state index contributed by atoms with van der Waals surface area (Å²) in [6.45, 7) is 1.47. The zero-order valence-corrected chi connectivity index (χ0v) is 11.4. The van der Waals surface area contributed by atoms with Gasteiger partial charge in [-0.3, -0.25) is 4.99 Å². The molecule has 0 bridgehead atoms. The molecule has 0 heterocycles. The molecule has 2 aromatic carbocycles. The predicted molar refractivity (Wildman–Crippen MR) is 79.5 cm³/mol. The number of ether oxygens (including phenoxy) is 1. The highest BCUT2D eigenvalue weighted by Crippen LogP contribution is 2.19. The number of phenolic OH excluding ortho intramolecular Hbond substituents is 1. The molecule has 0 aliphatic carbocycles. The van der Waals surface area contributed by atoms with Crippen molar-refractivity contribution in [2.75, 3.05) is 0 Å². The van der Waals surface area contributed by atoms with Gasteiger partial charge < -0.3 is 14.9 Å². The van der Waals surface area contributed by atoms with E-state index in [1.807, 2.05) is 0 Å². The summed E-state index contributed by atoms with van der Waals surface area (Å²) < 4.78 is 5.23. The van der Waals surface area contributed by atoms with E-state index in [1.165, 1.54) is 6.92 Å². The van der Waals surface area contributed by atoms with Crippen LogP contribution in [0.4, 0.5) is 5.69 Å². The second-order valence-corrected chi connectivity index (χ2v) is 4.45. The van der Waals surface area contributed by atoms with E-state index in [1.54, 1.807) is 54.7 Å². The van der Waals surface area contributed by atoms with Crippen molar-refractivity contribution in [3.63, 3.8) is 0 Å². The van der Waals surface area contributed by atoms with Crippen LogP contribution in [0.5, 0.6) is 11.5 Å². The monoisotopic (exact) mass is 285 g/mol. The van der Waals surface area contributed by atoms with Crippen LogP contribution < -0.4 is 4.74 Å². The normalized spacial score (nSPS) is 12.2. The van der Waals surface area contributed by atoms with Crippen LogP contribution in [0.2, 0.25) is 0 Å². The van der Waals surface area contributed by atoms with Crippen LogP contribution in [-0.4, -0.2) is 28.5 Å². The molecule has 5 nitrogen and oxygen atoms in total. The van der Waals surface area contributed by atoms with Gasteiger partial charge in [0.05, 0.1) is 5.69 Å². The van der Waals surface area contributed by atoms with Crippen molar-refractivity contribution in [3.8, 4) is 11.5 Å². The predicted octanol–water partition coefficient (Wildman–Crippen LogP) is 2.99. The molecule has 0 aromatic heterocycles. The second kappa shape index (κ2) is 6.56. The largest absolute Gasteiger partial charge is 0.508 e. The molecule has 108 valence electrons. The number of hydrogen-bond donors (Lipinski definition) is 2. The number of hydrogen-bond acceptors (Lipinski definition) is 4. The molecule has 0 fully saturated rings. The van der Waals surface area contributed by atoms with Gasteiger partial charge in [0, 0.05) is 12.3 Å². The number of aliphatic carboxylic acids is 1. The minimum absolute atomic E-state index is 0.163. The van der Waals surface area contributed by atoms with E-state index in [0.29, 0.717) is 11.4 Å². The lowest BCUT2D eigenvalue weighted by Gasteiger charge is -2.09. The molecular weight excluding hydrogens is 270 g/mol. The van der Waals surface area contributed by atoms with Crippen molar-refractivity contribution in [2.45, 2.75) is 13.0 Å². The Morgan fingerprint density at radius 3 is 2.57 bits per heavy atom. The fraction of sp³-hybridized carbons (Fsp3) is 0.125. The standard InChI is InChI=1S/C16H15NO4/c1-11(16(19)20)21-15-7-5-12(6-8-15)10-17-13-3-2-4-14(18)9-13/h2-11,18H,1H3,(H,19,20)/t11-/m1/s1. The van der Waals surface area contributed by atoms with Crippen molar-refractivity contribution < 1.29 is 19.7 Å². The highest BCUT2D eigenvalue weighted by molar-refractivity contribution is 5.82. The van der Waals surface area contributed by atoms with Gasteiger partial charge in [-0.1, -0.05) is 6.07 Å². The summed E-state index contributed by atoms with van der Waals surface area (Å²) >= 11 is 0. The quantitative estimate of drug-likeness (QED) is 0.828. The summed E-state index contributed by atoms with van der Waals surface area (Å²) in [4.78, 5) is 14.9. The summed E-state index contributed by atoms with van der Waals surface area (Å²) in [5.41, 5.74) is 1.49. The highest BCUT2D eigenvalue weighted by atomic mass is 16.5. The van der Waals surface area contributed by atoms with E-state index >= 15 is 0 Å². The maximum Gasteiger partial charge on any atom is 0.344 e. The van der Waals surface area contributed by atoms with Gasteiger partial charge in [0.2, 0.25) is 0 Å². The number of nitrogens with zero attached hydrogens (tertiary/aromatic N) is 1. The van der Waals surface area contributed by atoms with Crippen LogP contribution >= 0.6 is 0 Å². The first kappa shape index (κ1) is 14.6. The van der Waals surface area contributed by atoms with Crippen molar-refractivity contribution in [1.82, 2.24) is 0 Å². The molecule has 0 saturated heterocycles. The average molecular weight is 285 g/mol. The molecule has 21 heavy (non-hydrogen) atoms. The molecule has 0 spiro atoms. The Balaban J connectivity index is 2.04. The Morgan fingerprint density at radius 2 is 1.95 bits per heavy atom. The zero-order valence-electron chi connectivity index (χ0n) is 11.4. The Labute approximate surface area is 122 Å². The number of carbonyl (C=O) groups is 1. The highest BCUT2D eigenvalue weighted by Gasteiger charge is 2.11. The molecule has 0 unspecified atom stereocenters. The molecule has 0 radical (unpaired) electrons. The average Bonchev–Trinajstić information content (AvgIpc) is 2.46. The van der Waals surface area contributed by atoms with Crippen molar-refractivity contribution in [3.05, 3.63) is 54.1 Å². The van der Waals surface area contributed by atoms with Crippen LogP contribution in [0.3, 0.4) is 0 Å². The van der Waals surface area contributed by atoms with E-state index in [9.17, 15) is 9.90 Å². The topological polar surface area (TPSA) is 79.1 Å². The van der Waals surface area contributed by atoms with Gasteiger partial charge in [-0.2, -0.15) is 0 Å². The number of aromatic hydroxyl groups is 1. The fourth-order valence-electron chi connectivity index (χ4n) is 1.61. The molecule has 5 heteroatoms. The van der Waals surface area contributed by atoms with Gasteiger partial charge in [-0.25, -0.2) is 4.79 Å². The van der Waals surface area contributed by atoms with E-state index < -0.39 is 12.1 Å². The van der Waals surface area contributed by atoms with Gasteiger partial charge >= 0.3 is 5.97 Å². The van der Waals surface area contributed by atoms with E-state index in [0.717, 1.165) is 5.56 Å². The van der Waals surface area contributed by atoms with Crippen molar-refractivity contribution in [1.29, 1.82) is 0 Å². The first-order chi connectivity index (χ1) is 10.0. The molecular formula is C16H15NO4.